The van der Waals surface area contributed by atoms with E-state index in [1.165, 1.54) is 11.1 Å². The van der Waals surface area contributed by atoms with Gasteiger partial charge >= 0.3 is 0 Å². The summed E-state index contributed by atoms with van der Waals surface area (Å²) in [7, 11) is 0. The maximum absolute atomic E-state index is 13.6. The molecular weight excluding hydrogens is 392 g/mol. The van der Waals surface area contributed by atoms with E-state index < -0.39 is 17.4 Å². The fourth-order valence-electron chi connectivity index (χ4n) is 5.79. The van der Waals surface area contributed by atoms with Gasteiger partial charge in [-0.3, -0.25) is 14.7 Å². The number of rotatable bonds is 3. The molecule has 5 heterocycles. The molecule has 7 heteroatoms. The van der Waals surface area contributed by atoms with Gasteiger partial charge in [0, 0.05) is 37.3 Å². The number of aromatic amines is 1. The van der Waals surface area contributed by atoms with Crippen molar-refractivity contribution in [1.82, 2.24) is 20.0 Å². The van der Waals surface area contributed by atoms with Crippen LogP contribution in [0.3, 0.4) is 0 Å². The zero-order valence-corrected chi connectivity index (χ0v) is 17.8. The van der Waals surface area contributed by atoms with E-state index in [4.69, 9.17) is 4.74 Å². The zero-order chi connectivity index (χ0) is 21.3. The molecule has 4 atom stereocenters. The van der Waals surface area contributed by atoms with Crippen LogP contribution < -0.4 is 0 Å². The topological polar surface area (TPSA) is 78.5 Å². The highest BCUT2D eigenvalue weighted by molar-refractivity contribution is 5.93. The SMILES string of the molecule is Cc1ccc(C)c(CN2C[C@]34C=C[C@H](O3)[C@@H](C(=O)N3CCc5[nH]ncc5C3)[C@@H]4C2=O)c1. The summed E-state index contributed by atoms with van der Waals surface area (Å²) < 4.78 is 6.32. The Morgan fingerprint density at radius 1 is 1.35 bits per heavy atom. The molecular formula is C24H26N4O3. The van der Waals surface area contributed by atoms with Crippen molar-refractivity contribution in [3.05, 3.63) is 64.5 Å². The first kappa shape index (κ1) is 18.8. The minimum absolute atomic E-state index is 0.0232. The van der Waals surface area contributed by atoms with Gasteiger partial charge in [-0.2, -0.15) is 5.10 Å². The van der Waals surface area contributed by atoms with Gasteiger partial charge in [-0.25, -0.2) is 0 Å². The molecule has 160 valence electrons. The molecule has 0 aliphatic carbocycles. The molecule has 2 fully saturated rings. The number of nitrogens with one attached hydrogen (secondary N) is 1. The molecule has 6 rings (SSSR count). The van der Waals surface area contributed by atoms with Crippen LogP contribution >= 0.6 is 0 Å². The summed E-state index contributed by atoms with van der Waals surface area (Å²) in [6, 6.07) is 6.32. The molecule has 7 nitrogen and oxygen atoms in total. The van der Waals surface area contributed by atoms with Crippen molar-refractivity contribution in [1.29, 1.82) is 0 Å². The van der Waals surface area contributed by atoms with E-state index in [1.807, 2.05) is 22.0 Å². The van der Waals surface area contributed by atoms with E-state index in [0.29, 0.717) is 26.2 Å². The number of hydrogen-bond acceptors (Lipinski definition) is 4. The molecule has 0 radical (unpaired) electrons. The van der Waals surface area contributed by atoms with Crippen molar-refractivity contribution in [2.45, 2.75) is 45.1 Å². The second kappa shape index (κ2) is 6.53. The third kappa shape index (κ3) is 2.72. The van der Waals surface area contributed by atoms with Crippen LogP contribution in [0.5, 0.6) is 0 Å². The lowest BCUT2D eigenvalue weighted by Gasteiger charge is -2.32. The van der Waals surface area contributed by atoms with Crippen molar-refractivity contribution in [2.24, 2.45) is 11.8 Å². The Morgan fingerprint density at radius 3 is 3.10 bits per heavy atom. The summed E-state index contributed by atoms with van der Waals surface area (Å²) in [6.45, 7) is 6.37. The number of hydrogen-bond donors (Lipinski definition) is 1. The lowest BCUT2D eigenvalue weighted by molar-refractivity contribution is -0.144. The average Bonchev–Trinajstić information content (AvgIpc) is 3.51. The van der Waals surface area contributed by atoms with E-state index in [2.05, 4.69) is 42.2 Å². The molecule has 4 aliphatic heterocycles. The van der Waals surface area contributed by atoms with Crippen LogP contribution in [0.1, 0.15) is 27.9 Å². The lowest BCUT2D eigenvalue weighted by Crippen LogP contribution is -2.47. The minimum atomic E-state index is -0.670. The average molecular weight is 418 g/mol. The maximum Gasteiger partial charge on any atom is 0.230 e. The lowest BCUT2D eigenvalue weighted by atomic mass is 9.76. The first-order valence-corrected chi connectivity index (χ1v) is 11.0. The van der Waals surface area contributed by atoms with Gasteiger partial charge in [-0.15, -0.1) is 0 Å². The fourth-order valence-corrected chi connectivity index (χ4v) is 5.79. The highest BCUT2D eigenvalue weighted by Gasteiger charge is 2.67. The van der Waals surface area contributed by atoms with Crippen molar-refractivity contribution in [3.63, 3.8) is 0 Å². The number of likely N-dealkylation sites (tertiary alicyclic amines) is 1. The van der Waals surface area contributed by atoms with E-state index in [9.17, 15) is 9.59 Å². The zero-order valence-electron chi connectivity index (χ0n) is 17.8. The van der Waals surface area contributed by atoms with Crippen LogP contribution in [-0.4, -0.2) is 56.6 Å². The number of nitrogens with zero attached hydrogens (tertiary/aromatic N) is 3. The maximum atomic E-state index is 13.6. The molecule has 1 spiro atoms. The predicted octanol–water partition coefficient (Wildman–Crippen LogP) is 1.89. The van der Waals surface area contributed by atoms with Crippen LogP contribution in [0.4, 0.5) is 0 Å². The van der Waals surface area contributed by atoms with E-state index in [-0.39, 0.29) is 17.9 Å². The van der Waals surface area contributed by atoms with E-state index >= 15 is 0 Å². The highest BCUT2D eigenvalue weighted by atomic mass is 16.5. The Balaban J connectivity index is 1.26. The van der Waals surface area contributed by atoms with Gasteiger partial charge in [0.2, 0.25) is 11.8 Å². The van der Waals surface area contributed by atoms with Crippen molar-refractivity contribution in [3.8, 4) is 0 Å². The van der Waals surface area contributed by atoms with Crippen LogP contribution in [0.25, 0.3) is 0 Å². The number of amides is 2. The molecule has 2 saturated heterocycles. The Kier molecular flexibility index (Phi) is 3.96. The highest BCUT2D eigenvalue weighted by Crippen LogP contribution is 2.52. The van der Waals surface area contributed by atoms with E-state index in [0.717, 1.165) is 23.2 Å². The smallest absolute Gasteiger partial charge is 0.230 e. The van der Waals surface area contributed by atoms with Crippen molar-refractivity contribution in [2.75, 3.05) is 13.1 Å². The summed E-state index contributed by atoms with van der Waals surface area (Å²) >= 11 is 0. The number of ether oxygens (including phenoxy) is 1. The van der Waals surface area contributed by atoms with Gasteiger partial charge in [0.05, 0.1) is 30.7 Å². The Hall–Kier alpha value is -2.93. The molecule has 0 unspecified atom stereocenters. The second-order valence-corrected chi connectivity index (χ2v) is 9.41. The minimum Gasteiger partial charge on any atom is -0.360 e. The summed E-state index contributed by atoms with van der Waals surface area (Å²) in [5.74, 6) is -0.831. The number of aromatic nitrogens is 2. The molecule has 1 aromatic carbocycles. The number of fused-ring (bicyclic) bond motifs is 2. The third-order valence-electron chi connectivity index (χ3n) is 7.44. The standard InChI is InChI=1S/C24H26N4O3/c1-14-3-4-15(2)16(9-14)11-28-13-24-7-5-19(31-24)20(21(24)23(28)30)22(29)27-8-6-18-17(12-27)10-25-26-18/h3-5,7,9-10,19-21H,6,8,11-13H2,1-2H3,(H,25,26)/t19-,20+,21+,24-/m0/s1. The molecule has 0 saturated carbocycles. The summed E-state index contributed by atoms with van der Waals surface area (Å²) in [4.78, 5) is 30.9. The number of H-pyrrole nitrogens is 1. The normalized spacial score (nSPS) is 30.8. The van der Waals surface area contributed by atoms with Crippen LogP contribution in [0, 0.1) is 25.7 Å². The van der Waals surface area contributed by atoms with Crippen molar-refractivity contribution < 1.29 is 14.3 Å². The quantitative estimate of drug-likeness (QED) is 0.773. The van der Waals surface area contributed by atoms with Gasteiger partial charge in [0.25, 0.3) is 0 Å². The molecule has 31 heavy (non-hydrogen) atoms. The molecule has 1 N–H and O–H groups in total. The van der Waals surface area contributed by atoms with Crippen molar-refractivity contribution >= 4 is 11.8 Å². The van der Waals surface area contributed by atoms with Crippen LogP contribution in [-0.2, 0) is 33.8 Å². The van der Waals surface area contributed by atoms with Gasteiger partial charge < -0.3 is 14.5 Å². The summed E-state index contributed by atoms with van der Waals surface area (Å²) in [5.41, 5.74) is 4.99. The number of carbonyl (C=O) groups is 2. The number of aryl methyl sites for hydroxylation is 2. The Bertz CT molecular complexity index is 1120. The monoisotopic (exact) mass is 418 g/mol. The number of carbonyl (C=O) groups excluding carboxylic acids is 2. The van der Waals surface area contributed by atoms with Crippen LogP contribution in [0.2, 0.25) is 0 Å². The predicted molar refractivity (Wildman–Crippen MR) is 113 cm³/mol. The van der Waals surface area contributed by atoms with E-state index in [1.54, 1.807) is 6.20 Å². The summed E-state index contributed by atoms with van der Waals surface area (Å²) in [5, 5.41) is 7.11. The molecule has 1 aromatic heterocycles. The van der Waals surface area contributed by atoms with Gasteiger partial charge in [-0.05, 0) is 25.0 Å². The fraction of sp³-hybridized carbons (Fsp3) is 0.458. The Labute approximate surface area is 181 Å². The second-order valence-electron chi connectivity index (χ2n) is 9.41. The molecule has 2 bridgehead atoms. The first-order chi connectivity index (χ1) is 14.9. The largest absolute Gasteiger partial charge is 0.360 e. The first-order valence-electron chi connectivity index (χ1n) is 11.0. The molecule has 2 aromatic rings. The van der Waals surface area contributed by atoms with Gasteiger partial charge in [0.1, 0.15) is 5.60 Å². The van der Waals surface area contributed by atoms with Gasteiger partial charge in [-0.1, -0.05) is 35.9 Å². The molecule has 4 aliphatic rings. The number of benzene rings is 1. The Morgan fingerprint density at radius 2 is 2.23 bits per heavy atom. The molecule has 2 amide bonds. The third-order valence-corrected chi connectivity index (χ3v) is 7.44. The van der Waals surface area contributed by atoms with Gasteiger partial charge in [0.15, 0.2) is 0 Å². The summed E-state index contributed by atoms with van der Waals surface area (Å²) in [6.07, 6.45) is 6.26. The van der Waals surface area contributed by atoms with Crippen LogP contribution in [0.15, 0.2) is 36.5 Å².